The Hall–Kier alpha value is -0.120. The van der Waals surface area contributed by atoms with Gasteiger partial charge in [-0.05, 0) is 19.3 Å². The summed E-state index contributed by atoms with van der Waals surface area (Å²) in [5, 5.41) is 3.72. The third-order valence-corrected chi connectivity index (χ3v) is 3.91. The van der Waals surface area contributed by atoms with Gasteiger partial charge in [0.2, 0.25) is 0 Å². The summed E-state index contributed by atoms with van der Waals surface area (Å²) in [5.74, 6) is 0. The summed E-state index contributed by atoms with van der Waals surface area (Å²) < 4.78 is 5.47. The SMILES string of the molecule is C1CC2CN(C3CCOC3)CC(C1)N2. The molecule has 3 unspecified atom stereocenters. The number of rotatable bonds is 1. The van der Waals surface area contributed by atoms with Gasteiger partial charge in [-0.3, -0.25) is 4.90 Å². The van der Waals surface area contributed by atoms with Gasteiger partial charge < -0.3 is 10.1 Å². The second kappa shape index (κ2) is 3.80. The van der Waals surface area contributed by atoms with Crippen LogP contribution in [0.3, 0.4) is 0 Å². The van der Waals surface area contributed by atoms with Crippen LogP contribution in [0, 0.1) is 0 Å². The highest BCUT2D eigenvalue weighted by Crippen LogP contribution is 2.23. The Bertz CT molecular complexity index is 191. The molecule has 0 aromatic heterocycles. The molecule has 0 aromatic carbocycles. The topological polar surface area (TPSA) is 24.5 Å². The van der Waals surface area contributed by atoms with E-state index in [1.54, 1.807) is 0 Å². The van der Waals surface area contributed by atoms with Crippen molar-refractivity contribution >= 4 is 0 Å². The molecule has 3 nitrogen and oxygen atoms in total. The minimum atomic E-state index is 0.722. The van der Waals surface area contributed by atoms with Crippen LogP contribution in [0.1, 0.15) is 25.7 Å². The van der Waals surface area contributed by atoms with Gasteiger partial charge in [0.15, 0.2) is 0 Å². The van der Waals surface area contributed by atoms with Crippen LogP contribution in [0.4, 0.5) is 0 Å². The Kier molecular flexibility index (Phi) is 2.48. The van der Waals surface area contributed by atoms with Crippen molar-refractivity contribution in [3.8, 4) is 0 Å². The van der Waals surface area contributed by atoms with Crippen molar-refractivity contribution in [2.24, 2.45) is 0 Å². The molecule has 3 aliphatic rings. The molecular formula is C11H20N2O. The number of hydrogen-bond donors (Lipinski definition) is 1. The molecule has 3 heteroatoms. The van der Waals surface area contributed by atoms with Crippen LogP contribution in [0.5, 0.6) is 0 Å². The zero-order valence-electron chi connectivity index (χ0n) is 8.74. The molecule has 0 radical (unpaired) electrons. The highest BCUT2D eigenvalue weighted by Gasteiger charge is 2.34. The van der Waals surface area contributed by atoms with Crippen molar-refractivity contribution in [1.82, 2.24) is 10.2 Å². The Labute approximate surface area is 85.8 Å². The van der Waals surface area contributed by atoms with Crippen molar-refractivity contribution < 1.29 is 4.74 Å². The fourth-order valence-corrected chi connectivity index (χ4v) is 3.15. The van der Waals surface area contributed by atoms with Crippen molar-refractivity contribution in [3.05, 3.63) is 0 Å². The van der Waals surface area contributed by atoms with E-state index in [9.17, 15) is 0 Å². The van der Waals surface area contributed by atoms with Gasteiger partial charge in [-0.25, -0.2) is 0 Å². The minimum Gasteiger partial charge on any atom is -0.380 e. The summed E-state index contributed by atoms with van der Waals surface area (Å²) in [7, 11) is 0. The molecule has 3 saturated heterocycles. The predicted octanol–water partition coefficient (Wildman–Crippen LogP) is 0.602. The molecule has 14 heavy (non-hydrogen) atoms. The maximum Gasteiger partial charge on any atom is 0.0622 e. The molecular weight excluding hydrogens is 176 g/mol. The molecule has 0 amide bonds. The number of fused-ring (bicyclic) bond motifs is 2. The number of nitrogens with one attached hydrogen (secondary N) is 1. The van der Waals surface area contributed by atoms with Gasteiger partial charge in [-0.1, -0.05) is 6.42 Å². The Morgan fingerprint density at radius 2 is 1.86 bits per heavy atom. The lowest BCUT2D eigenvalue weighted by atomic mass is 9.93. The lowest BCUT2D eigenvalue weighted by Gasteiger charge is -2.44. The number of likely N-dealkylation sites (tertiary alicyclic amines) is 1. The van der Waals surface area contributed by atoms with Gasteiger partial charge in [0.05, 0.1) is 6.61 Å². The molecule has 0 spiro atoms. The zero-order valence-corrected chi connectivity index (χ0v) is 8.74. The second-order valence-corrected chi connectivity index (χ2v) is 4.96. The first kappa shape index (κ1) is 9.13. The van der Waals surface area contributed by atoms with Gasteiger partial charge >= 0.3 is 0 Å². The van der Waals surface area contributed by atoms with Gasteiger partial charge in [-0.15, -0.1) is 0 Å². The first-order chi connectivity index (χ1) is 6.92. The molecule has 3 fully saturated rings. The fourth-order valence-electron chi connectivity index (χ4n) is 3.15. The maximum absolute atomic E-state index is 5.47. The van der Waals surface area contributed by atoms with Crippen molar-refractivity contribution in [1.29, 1.82) is 0 Å². The maximum atomic E-state index is 5.47. The van der Waals surface area contributed by atoms with E-state index in [1.165, 1.54) is 38.8 Å². The van der Waals surface area contributed by atoms with E-state index >= 15 is 0 Å². The molecule has 0 aliphatic carbocycles. The molecule has 3 heterocycles. The first-order valence-corrected chi connectivity index (χ1v) is 5.99. The second-order valence-electron chi connectivity index (χ2n) is 4.96. The molecule has 0 aromatic rings. The first-order valence-electron chi connectivity index (χ1n) is 5.99. The summed E-state index contributed by atoms with van der Waals surface area (Å²) in [6.45, 7) is 4.46. The zero-order chi connectivity index (χ0) is 9.38. The van der Waals surface area contributed by atoms with Crippen LogP contribution in [0.15, 0.2) is 0 Å². The quantitative estimate of drug-likeness (QED) is 0.665. The fraction of sp³-hybridized carbons (Fsp3) is 1.00. The largest absolute Gasteiger partial charge is 0.380 e. The van der Waals surface area contributed by atoms with E-state index in [2.05, 4.69) is 10.2 Å². The van der Waals surface area contributed by atoms with Gasteiger partial charge in [0, 0.05) is 37.8 Å². The van der Waals surface area contributed by atoms with E-state index in [0.717, 1.165) is 31.3 Å². The smallest absolute Gasteiger partial charge is 0.0622 e. The Morgan fingerprint density at radius 3 is 2.50 bits per heavy atom. The standard InChI is InChI=1S/C11H20N2O/c1-2-9-6-13(7-10(3-1)12-9)11-4-5-14-8-11/h9-12H,1-8H2. The van der Waals surface area contributed by atoms with Crippen LogP contribution < -0.4 is 5.32 Å². The summed E-state index contributed by atoms with van der Waals surface area (Å²) in [4.78, 5) is 2.66. The van der Waals surface area contributed by atoms with Crippen molar-refractivity contribution in [3.63, 3.8) is 0 Å². The summed E-state index contributed by atoms with van der Waals surface area (Å²) in [6, 6.07) is 2.26. The molecule has 3 aliphatic heterocycles. The van der Waals surface area contributed by atoms with Crippen LogP contribution in [0.2, 0.25) is 0 Å². The average molecular weight is 196 g/mol. The number of piperidine rings is 1. The van der Waals surface area contributed by atoms with Crippen LogP contribution >= 0.6 is 0 Å². The van der Waals surface area contributed by atoms with E-state index in [0.29, 0.717) is 0 Å². The van der Waals surface area contributed by atoms with E-state index in [4.69, 9.17) is 4.74 Å². The van der Waals surface area contributed by atoms with Crippen molar-refractivity contribution in [2.75, 3.05) is 26.3 Å². The monoisotopic (exact) mass is 196 g/mol. The van der Waals surface area contributed by atoms with Gasteiger partial charge in [0.25, 0.3) is 0 Å². The lowest BCUT2D eigenvalue weighted by molar-refractivity contribution is 0.0763. The molecule has 0 saturated carbocycles. The molecule has 80 valence electrons. The molecule has 1 N–H and O–H groups in total. The number of ether oxygens (including phenoxy) is 1. The van der Waals surface area contributed by atoms with E-state index < -0.39 is 0 Å². The number of hydrogen-bond acceptors (Lipinski definition) is 3. The highest BCUT2D eigenvalue weighted by molar-refractivity contribution is 4.92. The Balaban J connectivity index is 1.64. The van der Waals surface area contributed by atoms with Gasteiger partial charge in [-0.2, -0.15) is 0 Å². The number of piperazine rings is 1. The molecule has 3 rings (SSSR count). The average Bonchev–Trinajstić information content (AvgIpc) is 2.69. The third-order valence-electron chi connectivity index (χ3n) is 3.91. The summed E-state index contributed by atoms with van der Waals surface area (Å²) >= 11 is 0. The lowest BCUT2D eigenvalue weighted by Crippen LogP contribution is -2.60. The normalized spacial score (nSPS) is 44.1. The number of nitrogens with zero attached hydrogens (tertiary/aromatic N) is 1. The predicted molar refractivity (Wildman–Crippen MR) is 55.4 cm³/mol. The summed E-state index contributed by atoms with van der Waals surface area (Å²) in [6.07, 6.45) is 5.43. The van der Waals surface area contributed by atoms with Crippen LogP contribution in [-0.2, 0) is 4.74 Å². The Morgan fingerprint density at radius 1 is 1.07 bits per heavy atom. The summed E-state index contributed by atoms with van der Waals surface area (Å²) in [5.41, 5.74) is 0. The van der Waals surface area contributed by atoms with E-state index in [1.807, 2.05) is 0 Å². The van der Waals surface area contributed by atoms with Gasteiger partial charge in [0.1, 0.15) is 0 Å². The van der Waals surface area contributed by atoms with E-state index in [-0.39, 0.29) is 0 Å². The highest BCUT2D eigenvalue weighted by atomic mass is 16.5. The van der Waals surface area contributed by atoms with Crippen LogP contribution in [-0.4, -0.2) is 49.3 Å². The molecule has 3 atom stereocenters. The third kappa shape index (κ3) is 1.69. The van der Waals surface area contributed by atoms with Crippen LogP contribution in [0.25, 0.3) is 0 Å². The molecule has 2 bridgehead atoms. The minimum absolute atomic E-state index is 0.722. The van der Waals surface area contributed by atoms with Crippen molar-refractivity contribution in [2.45, 2.75) is 43.8 Å².